The van der Waals surface area contributed by atoms with E-state index in [0.717, 1.165) is 18.4 Å². The van der Waals surface area contributed by atoms with Crippen LogP contribution in [0.25, 0.3) is 0 Å². The SMILES string of the molecule is O=C(N[C@@H]1CCCC[C@H]1c1ccccc1)c1ccccc1. The molecule has 1 amide bonds. The number of rotatable bonds is 3. The Morgan fingerprint density at radius 2 is 1.48 bits per heavy atom. The predicted octanol–water partition coefficient (Wildman–Crippen LogP) is 4.14. The Kier molecular flexibility index (Phi) is 4.34. The summed E-state index contributed by atoms with van der Waals surface area (Å²) in [4.78, 5) is 12.4. The maximum Gasteiger partial charge on any atom is 0.251 e. The van der Waals surface area contributed by atoms with Gasteiger partial charge in [-0.15, -0.1) is 0 Å². The summed E-state index contributed by atoms with van der Waals surface area (Å²) in [6.07, 6.45) is 4.67. The number of carbonyl (C=O) groups excluding carboxylic acids is 1. The molecule has 0 aromatic heterocycles. The van der Waals surface area contributed by atoms with Crippen molar-refractivity contribution in [3.8, 4) is 0 Å². The molecule has 1 N–H and O–H groups in total. The Bertz CT molecular complexity index is 579. The van der Waals surface area contributed by atoms with Gasteiger partial charge in [0.1, 0.15) is 0 Å². The summed E-state index contributed by atoms with van der Waals surface area (Å²) in [6.45, 7) is 0. The van der Waals surface area contributed by atoms with E-state index in [1.165, 1.54) is 18.4 Å². The molecule has 1 aliphatic rings. The molecular weight excluding hydrogens is 258 g/mol. The summed E-state index contributed by atoms with van der Waals surface area (Å²) >= 11 is 0. The van der Waals surface area contributed by atoms with Crippen LogP contribution in [0.1, 0.15) is 47.5 Å². The summed E-state index contributed by atoms with van der Waals surface area (Å²) in [5, 5.41) is 3.24. The smallest absolute Gasteiger partial charge is 0.251 e. The van der Waals surface area contributed by atoms with Crippen molar-refractivity contribution in [3.63, 3.8) is 0 Å². The molecule has 3 rings (SSSR count). The molecule has 2 heteroatoms. The average Bonchev–Trinajstić information content (AvgIpc) is 2.57. The molecule has 2 aromatic rings. The highest BCUT2D eigenvalue weighted by Gasteiger charge is 2.27. The number of carbonyl (C=O) groups is 1. The van der Waals surface area contributed by atoms with E-state index >= 15 is 0 Å². The van der Waals surface area contributed by atoms with E-state index in [1.54, 1.807) is 0 Å². The molecule has 1 aliphatic carbocycles. The first-order valence-electron chi connectivity index (χ1n) is 7.75. The monoisotopic (exact) mass is 279 g/mol. The van der Waals surface area contributed by atoms with Crippen molar-refractivity contribution in [2.45, 2.75) is 37.6 Å². The Hall–Kier alpha value is -2.09. The van der Waals surface area contributed by atoms with E-state index in [9.17, 15) is 4.79 Å². The highest BCUT2D eigenvalue weighted by Crippen LogP contribution is 2.33. The van der Waals surface area contributed by atoms with Crippen LogP contribution in [-0.2, 0) is 0 Å². The van der Waals surface area contributed by atoms with Crippen molar-refractivity contribution >= 4 is 5.91 Å². The summed E-state index contributed by atoms with van der Waals surface area (Å²) < 4.78 is 0. The van der Waals surface area contributed by atoms with Gasteiger partial charge in [-0.1, -0.05) is 61.4 Å². The van der Waals surface area contributed by atoms with Crippen molar-refractivity contribution in [2.75, 3.05) is 0 Å². The van der Waals surface area contributed by atoms with Gasteiger partial charge >= 0.3 is 0 Å². The van der Waals surface area contributed by atoms with Crippen molar-refractivity contribution in [1.29, 1.82) is 0 Å². The molecule has 108 valence electrons. The number of amides is 1. The lowest BCUT2D eigenvalue weighted by atomic mass is 9.80. The van der Waals surface area contributed by atoms with Crippen LogP contribution in [0.2, 0.25) is 0 Å². The minimum atomic E-state index is 0.0448. The summed E-state index contributed by atoms with van der Waals surface area (Å²) in [6, 6.07) is 20.3. The van der Waals surface area contributed by atoms with Crippen LogP contribution in [0.15, 0.2) is 60.7 Å². The van der Waals surface area contributed by atoms with Crippen molar-refractivity contribution in [1.82, 2.24) is 5.32 Å². The number of nitrogens with one attached hydrogen (secondary N) is 1. The third-order valence-corrected chi connectivity index (χ3v) is 4.35. The molecule has 2 nitrogen and oxygen atoms in total. The van der Waals surface area contributed by atoms with Crippen molar-refractivity contribution < 1.29 is 4.79 Å². The molecule has 1 saturated carbocycles. The first kappa shape index (κ1) is 13.9. The normalized spacial score (nSPS) is 21.7. The largest absolute Gasteiger partial charge is 0.349 e. The van der Waals surface area contributed by atoms with E-state index in [0.29, 0.717) is 5.92 Å². The number of hydrogen-bond donors (Lipinski definition) is 1. The highest BCUT2D eigenvalue weighted by molar-refractivity contribution is 5.94. The van der Waals surface area contributed by atoms with Crippen LogP contribution in [0.3, 0.4) is 0 Å². The molecule has 0 saturated heterocycles. The topological polar surface area (TPSA) is 29.1 Å². The second-order valence-electron chi connectivity index (χ2n) is 5.75. The van der Waals surface area contributed by atoms with Gasteiger partial charge in [-0.2, -0.15) is 0 Å². The molecule has 1 fully saturated rings. The molecule has 21 heavy (non-hydrogen) atoms. The Balaban J connectivity index is 1.75. The molecular formula is C19H21NO. The fourth-order valence-electron chi connectivity index (χ4n) is 3.24. The predicted molar refractivity (Wildman–Crippen MR) is 85.3 cm³/mol. The number of hydrogen-bond acceptors (Lipinski definition) is 1. The summed E-state index contributed by atoms with van der Waals surface area (Å²) in [5.74, 6) is 0.482. The molecule has 0 unspecified atom stereocenters. The van der Waals surface area contributed by atoms with E-state index in [2.05, 4.69) is 29.6 Å². The third kappa shape index (κ3) is 3.33. The van der Waals surface area contributed by atoms with Gasteiger partial charge in [-0.25, -0.2) is 0 Å². The lowest BCUT2D eigenvalue weighted by Gasteiger charge is -2.32. The van der Waals surface area contributed by atoms with E-state index < -0.39 is 0 Å². The van der Waals surface area contributed by atoms with Crippen molar-refractivity contribution in [2.24, 2.45) is 0 Å². The Labute approximate surface area is 126 Å². The van der Waals surface area contributed by atoms with Crippen LogP contribution < -0.4 is 5.32 Å². The zero-order valence-corrected chi connectivity index (χ0v) is 12.2. The highest BCUT2D eigenvalue weighted by atomic mass is 16.1. The van der Waals surface area contributed by atoms with E-state index in [-0.39, 0.29) is 11.9 Å². The fraction of sp³-hybridized carbons (Fsp3) is 0.316. The first-order valence-corrected chi connectivity index (χ1v) is 7.75. The Morgan fingerprint density at radius 3 is 2.19 bits per heavy atom. The van der Waals surface area contributed by atoms with Gasteiger partial charge in [0.2, 0.25) is 0 Å². The van der Waals surface area contributed by atoms with E-state index in [1.807, 2.05) is 36.4 Å². The van der Waals surface area contributed by atoms with Gasteiger partial charge in [-0.3, -0.25) is 4.79 Å². The molecule has 0 bridgehead atoms. The summed E-state index contributed by atoms with van der Waals surface area (Å²) in [5.41, 5.74) is 2.09. The van der Waals surface area contributed by atoms with Crippen LogP contribution in [0.5, 0.6) is 0 Å². The lowest BCUT2D eigenvalue weighted by molar-refractivity contribution is 0.0921. The Morgan fingerprint density at radius 1 is 0.857 bits per heavy atom. The average molecular weight is 279 g/mol. The van der Waals surface area contributed by atoms with Crippen LogP contribution in [-0.4, -0.2) is 11.9 Å². The first-order chi connectivity index (χ1) is 10.3. The standard InChI is InChI=1S/C19H21NO/c21-19(16-11-5-2-6-12-16)20-18-14-8-7-13-17(18)15-9-3-1-4-10-15/h1-6,9-12,17-18H,7-8,13-14H2,(H,20,21)/t17-,18+/m0/s1. The van der Waals surface area contributed by atoms with E-state index in [4.69, 9.17) is 0 Å². The third-order valence-electron chi connectivity index (χ3n) is 4.35. The maximum absolute atomic E-state index is 12.4. The van der Waals surface area contributed by atoms with Gasteiger partial charge in [-0.05, 0) is 30.5 Å². The second kappa shape index (κ2) is 6.57. The molecule has 0 radical (unpaired) electrons. The lowest BCUT2D eigenvalue weighted by Crippen LogP contribution is -2.41. The number of benzene rings is 2. The minimum Gasteiger partial charge on any atom is -0.349 e. The second-order valence-corrected chi connectivity index (χ2v) is 5.75. The van der Waals surface area contributed by atoms with Crippen LogP contribution in [0, 0.1) is 0 Å². The van der Waals surface area contributed by atoms with Gasteiger partial charge in [0.15, 0.2) is 0 Å². The van der Waals surface area contributed by atoms with Gasteiger partial charge < -0.3 is 5.32 Å². The summed E-state index contributed by atoms with van der Waals surface area (Å²) in [7, 11) is 0. The molecule has 2 aromatic carbocycles. The van der Waals surface area contributed by atoms with Gasteiger partial charge in [0.05, 0.1) is 0 Å². The molecule has 0 spiro atoms. The van der Waals surface area contributed by atoms with Gasteiger partial charge in [0.25, 0.3) is 5.91 Å². The quantitative estimate of drug-likeness (QED) is 0.898. The zero-order valence-electron chi connectivity index (χ0n) is 12.2. The zero-order chi connectivity index (χ0) is 14.5. The van der Waals surface area contributed by atoms with Crippen molar-refractivity contribution in [3.05, 3.63) is 71.8 Å². The minimum absolute atomic E-state index is 0.0448. The van der Waals surface area contributed by atoms with Crippen LogP contribution in [0.4, 0.5) is 0 Å². The molecule has 2 atom stereocenters. The maximum atomic E-state index is 12.4. The molecule has 0 heterocycles. The van der Waals surface area contributed by atoms with Crippen LogP contribution >= 0.6 is 0 Å². The van der Waals surface area contributed by atoms with Gasteiger partial charge in [0, 0.05) is 17.5 Å². The molecule has 0 aliphatic heterocycles. The fourth-order valence-corrected chi connectivity index (χ4v) is 3.24.